The molecule has 1 aliphatic rings. The van der Waals surface area contributed by atoms with Gasteiger partial charge in [-0.25, -0.2) is 0 Å². The lowest BCUT2D eigenvalue weighted by atomic mass is 9.76. The van der Waals surface area contributed by atoms with Crippen molar-refractivity contribution in [1.82, 2.24) is 0 Å². The van der Waals surface area contributed by atoms with E-state index in [4.69, 9.17) is 20.4 Å². The fraction of sp³-hybridized carbons (Fsp3) is 0.700. The minimum absolute atomic E-state index is 0.0900. The molecule has 4 aromatic carbocycles. The number of fused-ring (bicyclic) bond motifs is 8. The summed E-state index contributed by atoms with van der Waals surface area (Å²) in [7, 11) is 0. The average Bonchev–Trinajstić information content (AvgIpc) is 0.766. The molecule has 0 heterocycles. The Kier molecular flexibility index (Phi) is 50.3. The SMILES string of the molecule is CCCCCCCCCCCC1c2cc(c(O)cc2O)C(CCCCCCCCCCC)c2cc(c(O)cc2O)C(CCCCCCCCCCC)c2cc(c(O)cc2O)C(CCCCCCCCCCC)c2cc1c(O)cc2O.CCO.CCO.CCO.CCO. The number of rotatable bonds is 40. The summed E-state index contributed by atoms with van der Waals surface area (Å²) in [5, 5.41) is 127. The van der Waals surface area contributed by atoms with E-state index in [-0.39, 0.29) is 72.4 Å². The first-order chi connectivity index (χ1) is 44.6. The molecule has 8 bridgehead atoms. The highest BCUT2D eigenvalue weighted by Crippen LogP contribution is 2.53. The largest absolute Gasteiger partial charge is 0.508 e. The van der Waals surface area contributed by atoms with Gasteiger partial charge in [-0.3, -0.25) is 0 Å². The molecular formula is C80H136O12. The molecule has 0 spiro atoms. The highest BCUT2D eigenvalue weighted by molar-refractivity contribution is 5.62. The molecular weight excluding hydrogens is 1150 g/mol. The van der Waals surface area contributed by atoms with Gasteiger partial charge in [-0.05, 0) is 77.6 Å². The number of phenols is 8. The number of aliphatic hydroxyl groups is 4. The number of hydrogen-bond donors (Lipinski definition) is 12. The summed E-state index contributed by atoms with van der Waals surface area (Å²) in [6, 6.07) is 13.3. The van der Waals surface area contributed by atoms with Crippen molar-refractivity contribution in [2.45, 2.75) is 336 Å². The van der Waals surface area contributed by atoms with Crippen LogP contribution >= 0.6 is 0 Å². The van der Waals surface area contributed by atoms with E-state index < -0.39 is 23.7 Å². The summed E-state index contributed by atoms with van der Waals surface area (Å²) in [4.78, 5) is 0. The fourth-order valence-electron chi connectivity index (χ4n) is 13.2. The molecule has 0 radical (unpaired) electrons. The van der Waals surface area contributed by atoms with Gasteiger partial charge in [0.25, 0.3) is 0 Å². The molecule has 1 aliphatic carbocycles. The van der Waals surface area contributed by atoms with Crippen molar-refractivity contribution < 1.29 is 61.3 Å². The van der Waals surface area contributed by atoms with Crippen LogP contribution in [0.5, 0.6) is 46.0 Å². The van der Waals surface area contributed by atoms with Gasteiger partial charge in [0, 0.05) is 119 Å². The van der Waals surface area contributed by atoms with Crippen LogP contribution in [0.15, 0.2) is 48.5 Å². The van der Waals surface area contributed by atoms with Crippen LogP contribution in [0, 0.1) is 0 Å². The molecule has 0 amide bonds. The second kappa shape index (κ2) is 54.4. The van der Waals surface area contributed by atoms with Gasteiger partial charge >= 0.3 is 0 Å². The lowest BCUT2D eigenvalue weighted by Crippen LogP contribution is -2.11. The molecule has 0 saturated heterocycles. The number of aliphatic hydroxyl groups excluding tert-OH is 4. The summed E-state index contributed by atoms with van der Waals surface area (Å²) in [6.07, 6.45) is 43.1. The van der Waals surface area contributed by atoms with E-state index >= 15 is 0 Å². The Labute approximate surface area is 560 Å². The van der Waals surface area contributed by atoms with E-state index in [2.05, 4.69) is 27.7 Å². The van der Waals surface area contributed by atoms with Crippen LogP contribution in [-0.4, -0.2) is 87.7 Å². The highest BCUT2D eigenvalue weighted by atomic mass is 16.3. The minimum atomic E-state index is -0.540. The first kappa shape index (κ1) is 85.1. The molecule has 0 atom stereocenters. The Morgan fingerprint density at radius 2 is 0.293 bits per heavy atom. The topological polar surface area (TPSA) is 243 Å². The number of benzene rings is 4. The maximum absolute atomic E-state index is 12.1. The van der Waals surface area contributed by atoms with Gasteiger partial charge in [-0.1, -0.05) is 259 Å². The zero-order chi connectivity index (χ0) is 68.3. The van der Waals surface area contributed by atoms with Crippen molar-refractivity contribution in [3.8, 4) is 46.0 Å². The first-order valence-corrected chi connectivity index (χ1v) is 37.3. The molecule has 12 nitrogen and oxygen atoms in total. The monoisotopic (exact) mass is 1290 g/mol. The van der Waals surface area contributed by atoms with Gasteiger partial charge in [0.1, 0.15) is 46.0 Å². The Bertz CT molecular complexity index is 2000. The Morgan fingerprint density at radius 3 is 0.413 bits per heavy atom. The van der Waals surface area contributed by atoms with Crippen LogP contribution in [0.1, 0.15) is 380 Å². The lowest BCUT2D eigenvalue weighted by Gasteiger charge is -2.29. The van der Waals surface area contributed by atoms with E-state index in [1.54, 1.807) is 27.7 Å². The third kappa shape index (κ3) is 33.0. The summed E-state index contributed by atoms with van der Waals surface area (Å²) in [5.41, 5.74) is 4.45. The van der Waals surface area contributed by atoms with E-state index in [0.717, 1.165) is 103 Å². The number of phenolic OH excluding ortho intramolecular Hbond substituents is 8. The smallest absolute Gasteiger partial charge is 0.123 e. The number of aromatic hydroxyl groups is 8. The van der Waals surface area contributed by atoms with Crippen LogP contribution in [0.25, 0.3) is 0 Å². The molecule has 12 heteroatoms. The quantitative estimate of drug-likeness (QED) is 0.0186. The van der Waals surface area contributed by atoms with Gasteiger partial charge in [-0.2, -0.15) is 0 Å². The lowest BCUT2D eigenvalue weighted by molar-refractivity contribution is 0.318. The Hall–Kier alpha value is -4.88. The molecule has 4 aromatic rings. The predicted octanol–water partition coefficient (Wildman–Crippen LogP) is 21.9. The molecule has 0 unspecified atom stereocenters. The molecule has 0 saturated carbocycles. The summed E-state index contributed by atoms with van der Waals surface area (Å²) < 4.78 is 0. The van der Waals surface area contributed by atoms with Gasteiger partial charge in [0.15, 0.2) is 0 Å². The predicted molar refractivity (Wildman–Crippen MR) is 385 cm³/mol. The third-order valence-corrected chi connectivity index (χ3v) is 18.1. The van der Waals surface area contributed by atoms with Crippen molar-refractivity contribution in [3.05, 3.63) is 93.0 Å². The maximum Gasteiger partial charge on any atom is 0.123 e. The minimum Gasteiger partial charge on any atom is -0.508 e. The van der Waals surface area contributed by atoms with Crippen LogP contribution in [0.3, 0.4) is 0 Å². The van der Waals surface area contributed by atoms with Crippen molar-refractivity contribution >= 4 is 0 Å². The molecule has 0 aliphatic heterocycles. The zero-order valence-electron chi connectivity index (χ0n) is 59.4. The molecule has 0 aromatic heterocycles. The normalized spacial score (nSPS) is 14.8. The van der Waals surface area contributed by atoms with Gasteiger partial charge < -0.3 is 61.3 Å². The Balaban J connectivity index is 0.00000326. The van der Waals surface area contributed by atoms with E-state index in [1.165, 1.54) is 153 Å². The molecule has 528 valence electrons. The summed E-state index contributed by atoms with van der Waals surface area (Å²) in [5.74, 6) is -2.88. The standard InChI is InChI=1S/C72H112O8.4C2H6O/c1-5-9-13-17-21-25-29-33-37-41-53-57-45-59(67(75)49-65(57)73)54(42-38-34-30-26-22-18-14-10-6-2)61-47-63(71(79)51-69(61)77)56(44-40-36-32-28-24-20-16-12-8-4)64-48-62(70(78)52-72(64)80)55(60-46-58(53)66(74)50-68(60)76)43-39-35-31-27-23-19-15-11-7-3;4*1-2-3/h45-56,73-80H,5-44H2,1-4H3;4*3H,2H2,1H3. The van der Waals surface area contributed by atoms with Crippen LogP contribution in [-0.2, 0) is 0 Å². The van der Waals surface area contributed by atoms with Gasteiger partial charge in [0.05, 0.1) is 0 Å². The Morgan fingerprint density at radius 1 is 0.185 bits per heavy atom. The third-order valence-electron chi connectivity index (χ3n) is 18.1. The zero-order valence-corrected chi connectivity index (χ0v) is 59.4. The second-order valence-corrected chi connectivity index (χ2v) is 25.8. The van der Waals surface area contributed by atoms with Crippen molar-refractivity contribution in [1.29, 1.82) is 0 Å². The van der Waals surface area contributed by atoms with Crippen LogP contribution in [0.4, 0.5) is 0 Å². The van der Waals surface area contributed by atoms with E-state index in [9.17, 15) is 40.9 Å². The average molecular weight is 1290 g/mol. The van der Waals surface area contributed by atoms with E-state index in [1.807, 2.05) is 24.3 Å². The fourth-order valence-corrected chi connectivity index (χ4v) is 13.2. The second-order valence-electron chi connectivity index (χ2n) is 25.8. The molecule has 0 fully saturated rings. The molecule has 12 N–H and O–H groups in total. The van der Waals surface area contributed by atoms with E-state index in [0.29, 0.717) is 70.2 Å². The van der Waals surface area contributed by atoms with Crippen molar-refractivity contribution in [2.75, 3.05) is 26.4 Å². The molecule has 5 rings (SSSR count). The number of hydrogen-bond acceptors (Lipinski definition) is 12. The van der Waals surface area contributed by atoms with Crippen LogP contribution in [0.2, 0.25) is 0 Å². The van der Waals surface area contributed by atoms with Crippen molar-refractivity contribution in [3.63, 3.8) is 0 Å². The van der Waals surface area contributed by atoms with Crippen molar-refractivity contribution in [2.24, 2.45) is 0 Å². The van der Waals surface area contributed by atoms with Crippen LogP contribution < -0.4 is 0 Å². The van der Waals surface area contributed by atoms with Gasteiger partial charge in [-0.15, -0.1) is 0 Å². The molecule has 92 heavy (non-hydrogen) atoms. The van der Waals surface area contributed by atoms with Gasteiger partial charge in [0.2, 0.25) is 0 Å². The number of unbranched alkanes of at least 4 members (excludes halogenated alkanes) is 32. The summed E-state index contributed by atoms with van der Waals surface area (Å²) >= 11 is 0. The first-order valence-electron chi connectivity index (χ1n) is 37.3. The highest BCUT2D eigenvalue weighted by Gasteiger charge is 2.33. The maximum atomic E-state index is 12.1. The summed E-state index contributed by atoms with van der Waals surface area (Å²) in [6.45, 7) is 16.7.